The van der Waals surface area contributed by atoms with Crippen molar-refractivity contribution in [2.45, 2.75) is 32.8 Å². The molecule has 4 aromatic rings. The number of nitrogens with zero attached hydrogens (tertiary/aromatic N) is 6. The van der Waals surface area contributed by atoms with Crippen LogP contribution in [0.2, 0.25) is 0 Å². The van der Waals surface area contributed by atoms with E-state index in [1.807, 2.05) is 62.8 Å². The van der Waals surface area contributed by atoms with Gasteiger partial charge in [-0.15, -0.1) is 10.2 Å². The first-order valence-corrected chi connectivity index (χ1v) is 10.9. The maximum absolute atomic E-state index is 5.94. The molecule has 1 aromatic carbocycles. The number of pyridine rings is 1. The Kier molecular flexibility index (Phi) is 6.50. The Morgan fingerprint density at radius 1 is 1.15 bits per heavy atom. The largest absolute Gasteiger partial charge is 0.494 e. The minimum absolute atomic E-state index is 0.323. The molecule has 0 aliphatic heterocycles. The van der Waals surface area contributed by atoms with Gasteiger partial charge in [0.25, 0.3) is 0 Å². The molecule has 0 bridgehead atoms. The summed E-state index contributed by atoms with van der Waals surface area (Å²) in [5.74, 6) is 2.97. The summed E-state index contributed by atoms with van der Waals surface area (Å²) in [5.41, 5.74) is 2.40. The van der Waals surface area contributed by atoms with E-state index >= 15 is 0 Å². The third kappa shape index (κ3) is 5.09. The van der Waals surface area contributed by atoms with Gasteiger partial charge in [-0.05, 0) is 32.9 Å². The Morgan fingerprint density at radius 3 is 2.73 bits per heavy atom. The summed E-state index contributed by atoms with van der Waals surface area (Å²) in [6.45, 7) is 7.17. The third-order valence-corrected chi connectivity index (χ3v) is 5.47. The quantitative estimate of drug-likeness (QED) is 0.415. The highest BCUT2D eigenvalue weighted by Crippen LogP contribution is 2.28. The molecule has 0 fully saturated rings. The maximum atomic E-state index is 5.94. The van der Waals surface area contributed by atoms with Crippen LogP contribution in [0.1, 0.15) is 32.2 Å². The van der Waals surface area contributed by atoms with Crippen LogP contribution in [0, 0.1) is 0 Å². The van der Waals surface area contributed by atoms with E-state index in [4.69, 9.17) is 14.5 Å². The number of nitrogens with one attached hydrogen (secondary N) is 1. The lowest BCUT2D eigenvalue weighted by molar-refractivity contribution is 0.0343. The second-order valence-corrected chi connectivity index (χ2v) is 8.40. The van der Waals surface area contributed by atoms with Crippen LogP contribution in [0.4, 0.5) is 5.82 Å². The minimum Gasteiger partial charge on any atom is -0.494 e. The molecule has 0 saturated heterocycles. The van der Waals surface area contributed by atoms with E-state index in [0.29, 0.717) is 31.2 Å². The predicted octanol–water partition coefficient (Wildman–Crippen LogP) is 3.65. The fraction of sp³-hybridized carbons (Fsp3) is 0.375. The molecule has 0 spiro atoms. The molecule has 3 heterocycles. The number of fused-ring (bicyclic) bond motifs is 1. The number of rotatable bonds is 9. The normalized spacial score (nSPS) is 11.7. The number of aromatic nitrogens is 6. The molecule has 33 heavy (non-hydrogen) atoms. The summed E-state index contributed by atoms with van der Waals surface area (Å²) in [6, 6.07) is 7.95. The molecule has 172 valence electrons. The third-order valence-electron chi connectivity index (χ3n) is 5.47. The van der Waals surface area contributed by atoms with Crippen LogP contribution in [-0.4, -0.2) is 55.6 Å². The average Bonchev–Trinajstić information content (AvgIpc) is 3.25. The number of hydrogen-bond acceptors (Lipinski definition) is 8. The topological polar surface area (TPSA) is 99.9 Å². The van der Waals surface area contributed by atoms with Gasteiger partial charge in [0, 0.05) is 56.0 Å². The van der Waals surface area contributed by atoms with Gasteiger partial charge in [-0.2, -0.15) is 0 Å². The summed E-state index contributed by atoms with van der Waals surface area (Å²) in [4.78, 5) is 13.9. The van der Waals surface area contributed by atoms with Crippen LogP contribution in [0.25, 0.3) is 22.3 Å². The van der Waals surface area contributed by atoms with Gasteiger partial charge in [-0.1, -0.05) is 12.1 Å². The van der Waals surface area contributed by atoms with Crippen molar-refractivity contribution in [3.8, 4) is 17.1 Å². The monoisotopic (exact) mass is 447 g/mol. The fourth-order valence-electron chi connectivity index (χ4n) is 3.42. The molecule has 9 heteroatoms. The van der Waals surface area contributed by atoms with E-state index in [0.717, 1.165) is 33.6 Å². The molecule has 0 saturated carbocycles. The SMILES string of the molecule is CCOc1cc(-c2nncn2C)ccc1Cc1ncc2ccnc(NCC(C)(C)OC)c2n1. The lowest BCUT2D eigenvalue weighted by atomic mass is 10.1. The van der Waals surface area contributed by atoms with Crippen LogP contribution < -0.4 is 10.1 Å². The fourth-order valence-corrected chi connectivity index (χ4v) is 3.42. The van der Waals surface area contributed by atoms with Gasteiger partial charge >= 0.3 is 0 Å². The predicted molar refractivity (Wildman–Crippen MR) is 127 cm³/mol. The van der Waals surface area contributed by atoms with Crippen molar-refractivity contribution >= 4 is 16.7 Å². The van der Waals surface area contributed by atoms with Gasteiger partial charge in [0.15, 0.2) is 11.6 Å². The number of aryl methyl sites for hydroxylation is 1. The Labute approximate surface area is 193 Å². The van der Waals surface area contributed by atoms with Crippen LogP contribution >= 0.6 is 0 Å². The van der Waals surface area contributed by atoms with Crippen molar-refractivity contribution in [2.24, 2.45) is 7.05 Å². The van der Waals surface area contributed by atoms with Crippen LogP contribution in [0.5, 0.6) is 5.75 Å². The summed E-state index contributed by atoms with van der Waals surface area (Å²) in [7, 11) is 3.62. The zero-order chi connectivity index (χ0) is 23.4. The zero-order valence-corrected chi connectivity index (χ0v) is 19.7. The van der Waals surface area contributed by atoms with E-state index in [2.05, 4.69) is 25.5 Å². The molecule has 9 nitrogen and oxygen atoms in total. The molecule has 0 amide bonds. The molecule has 0 aliphatic carbocycles. The van der Waals surface area contributed by atoms with Crippen molar-refractivity contribution in [1.29, 1.82) is 0 Å². The summed E-state index contributed by atoms with van der Waals surface area (Å²) in [6.07, 6.45) is 5.80. The highest BCUT2D eigenvalue weighted by molar-refractivity contribution is 5.87. The highest BCUT2D eigenvalue weighted by atomic mass is 16.5. The second kappa shape index (κ2) is 9.50. The van der Waals surface area contributed by atoms with E-state index in [9.17, 15) is 0 Å². The van der Waals surface area contributed by atoms with Crippen molar-refractivity contribution < 1.29 is 9.47 Å². The van der Waals surface area contributed by atoms with E-state index in [1.165, 1.54) is 0 Å². The maximum Gasteiger partial charge on any atom is 0.163 e. The van der Waals surface area contributed by atoms with Gasteiger partial charge in [0.05, 0.1) is 12.2 Å². The molecule has 1 N–H and O–H groups in total. The minimum atomic E-state index is -0.323. The Balaban J connectivity index is 1.64. The lowest BCUT2D eigenvalue weighted by Crippen LogP contribution is -2.32. The standard InChI is InChI=1S/C24H29N7O2/c1-6-33-19-11-17(23-30-28-15-31(23)4)8-7-16(19)12-20-26-13-18-9-10-25-22(21(18)29-20)27-14-24(2,3)32-5/h7-11,13,15H,6,12,14H2,1-5H3,(H,25,27). The van der Waals surface area contributed by atoms with E-state index in [1.54, 1.807) is 19.6 Å². The van der Waals surface area contributed by atoms with Gasteiger partial charge in [0.1, 0.15) is 23.4 Å². The van der Waals surface area contributed by atoms with Crippen LogP contribution in [0.3, 0.4) is 0 Å². The summed E-state index contributed by atoms with van der Waals surface area (Å²) >= 11 is 0. The Bertz CT molecular complexity index is 1250. The second-order valence-electron chi connectivity index (χ2n) is 8.40. The van der Waals surface area contributed by atoms with Crippen molar-refractivity contribution in [1.82, 2.24) is 29.7 Å². The van der Waals surface area contributed by atoms with Gasteiger partial charge in [0.2, 0.25) is 0 Å². The van der Waals surface area contributed by atoms with Crippen molar-refractivity contribution in [3.05, 3.63) is 54.4 Å². The molecule has 0 aliphatic rings. The number of benzene rings is 1. The zero-order valence-electron chi connectivity index (χ0n) is 19.7. The van der Waals surface area contributed by atoms with Crippen molar-refractivity contribution in [3.63, 3.8) is 0 Å². The summed E-state index contributed by atoms with van der Waals surface area (Å²) < 4.78 is 13.3. The number of hydrogen-bond donors (Lipinski definition) is 1. The average molecular weight is 448 g/mol. The first-order valence-electron chi connectivity index (χ1n) is 10.9. The first kappa shape index (κ1) is 22.6. The molecule has 0 atom stereocenters. The molecule has 3 aromatic heterocycles. The number of ether oxygens (including phenoxy) is 2. The summed E-state index contributed by atoms with van der Waals surface area (Å²) in [5, 5.41) is 12.5. The van der Waals surface area contributed by atoms with Gasteiger partial charge < -0.3 is 19.4 Å². The smallest absolute Gasteiger partial charge is 0.163 e. The number of methoxy groups -OCH3 is 1. The Hall–Kier alpha value is -3.59. The molecule has 0 unspecified atom stereocenters. The van der Waals surface area contributed by atoms with Crippen LogP contribution in [0.15, 0.2) is 43.0 Å². The van der Waals surface area contributed by atoms with E-state index < -0.39 is 0 Å². The highest BCUT2D eigenvalue weighted by Gasteiger charge is 2.18. The molecule has 0 radical (unpaired) electrons. The van der Waals surface area contributed by atoms with Gasteiger partial charge in [-0.25, -0.2) is 15.0 Å². The lowest BCUT2D eigenvalue weighted by Gasteiger charge is -2.23. The number of anilines is 1. The molecular weight excluding hydrogens is 418 g/mol. The molecule has 4 rings (SSSR count). The van der Waals surface area contributed by atoms with Gasteiger partial charge in [-0.3, -0.25) is 0 Å². The first-order chi connectivity index (χ1) is 15.9. The van der Waals surface area contributed by atoms with Crippen LogP contribution in [-0.2, 0) is 18.2 Å². The Morgan fingerprint density at radius 2 is 2.00 bits per heavy atom. The van der Waals surface area contributed by atoms with E-state index in [-0.39, 0.29) is 5.60 Å². The van der Waals surface area contributed by atoms with Crippen molar-refractivity contribution in [2.75, 3.05) is 25.6 Å². The molecular formula is C24H29N7O2.